The van der Waals surface area contributed by atoms with Crippen LogP contribution in [0, 0.1) is 11.8 Å². The number of allylic oxidation sites excluding steroid dienone is 2. The minimum Gasteiger partial charge on any atom is -0.297 e. The van der Waals surface area contributed by atoms with Gasteiger partial charge in [0.1, 0.15) is 0 Å². The van der Waals surface area contributed by atoms with Crippen molar-refractivity contribution in [2.24, 2.45) is 11.8 Å². The Bertz CT molecular complexity index is 1970. The van der Waals surface area contributed by atoms with Gasteiger partial charge in [-0.05, 0) is 69.8 Å². The largest absolute Gasteiger partial charge is 0.297 e. The topological polar surface area (TPSA) is 54.5 Å². The van der Waals surface area contributed by atoms with Crippen molar-refractivity contribution in [3.8, 4) is 0 Å². The second kappa shape index (κ2) is 10.5. The highest BCUT2D eigenvalue weighted by Gasteiger charge is 2.82. The number of imide groups is 1. The lowest BCUT2D eigenvalue weighted by Gasteiger charge is -2.39. The molecule has 5 aromatic carbocycles. The third kappa shape index (κ3) is 3.66. The van der Waals surface area contributed by atoms with Crippen LogP contribution in [-0.2, 0) is 25.2 Å². The summed E-state index contributed by atoms with van der Waals surface area (Å²) in [5.41, 5.74) is 1.38. The molecule has 1 saturated carbocycles. The summed E-state index contributed by atoms with van der Waals surface area (Å²) in [4.78, 5) is 47.1. The van der Waals surface area contributed by atoms with Crippen molar-refractivity contribution in [3.05, 3.63) is 171 Å². The number of rotatable bonds is 5. The van der Waals surface area contributed by atoms with E-state index in [0.717, 1.165) is 11.1 Å². The molecule has 5 aromatic rings. The third-order valence-electron chi connectivity index (χ3n) is 9.81. The Morgan fingerprint density at radius 2 is 0.870 bits per heavy atom. The zero-order valence-corrected chi connectivity index (χ0v) is 26.4. The number of hydrogen-bond donors (Lipinski definition) is 0. The Morgan fingerprint density at radius 3 is 1.28 bits per heavy atom. The molecule has 0 N–H and O–H groups in total. The van der Waals surface area contributed by atoms with E-state index >= 15 is 14.4 Å². The highest BCUT2D eigenvalue weighted by molar-refractivity contribution is 6.41. The molecule has 0 unspecified atom stereocenters. The Labute approximate surface area is 280 Å². The van der Waals surface area contributed by atoms with E-state index < -0.39 is 34.5 Å². The molecule has 2 aliphatic carbocycles. The van der Waals surface area contributed by atoms with Gasteiger partial charge in [-0.2, -0.15) is 0 Å². The summed E-state index contributed by atoms with van der Waals surface area (Å²) in [7, 11) is 0. The standard InChI is InChI=1S/C39H24Cl3NO3/c40-27-19-15-25(16-20-27)38-31(23-9-3-1-4-10-23)32(24-11-5-2-6-12-24)39(37(38)46,26-17-21-28(41)22-18-26)34-33(38)35(44)43(36(34)45)30-14-8-7-13-29(30)42/h1-22,33-34H/t33-,34-,38+,39+/m1/s1. The van der Waals surface area contributed by atoms with Crippen LogP contribution in [0.2, 0.25) is 15.1 Å². The fraction of sp³-hybridized carbons (Fsp3) is 0.103. The normalized spacial score (nSPS) is 25.0. The molecule has 2 bridgehead atoms. The van der Waals surface area contributed by atoms with E-state index in [1.807, 2.05) is 84.9 Å². The van der Waals surface area contributed by atoms with Gasteiger partial charge in [-0.1, -0.05) is 132 Å². The van der Waals surface area contributed by atoms with Gasteiger partial charge in [0.25, 0.3) is 0 Å². The number of nitrogens with zero attached hydrogens (tertiary/aromatic N) is 1. The van der Waals surface area contributed by atoms with Crippen molar-refractivity contribution in [2.75, 3.05) is 4.90 Å². The van der Waals surface area contributed by atoms with E-state index in [0.29, 0.717) is 38.0 Å². The van der Waals surface area contributed by atoms with Crippen molar-refractivity contribution >= 4 is 69.2 Å². The number of Topliss-reactive ketones (excluding diaryl/α,β-unsaturated/α-hetero) is 1. The molecule has 1 aliphatic heterocycles. The van der Waals surface area contributed by atoms with Gasteiger partial charge in [-0.25, -0.2) is 4.90 Å². The molecule has 8 rings (SSSR count). The van der Waals surface area contributed by atoms with Crippen LogP contribution in [0.1, 0.15) is 22.3 Å². The smallest absolute Gasteiger partial charge is 0.239 e. The van der Waals surface area contributed by atoms with E-state index in [-0.39, 0.29) is 10.8 Å². The average Bonchev–Trinajstić information content (AvgIpc) is 3.58. The van der Waals surface area contributed by atoms with Gasteiger partial charge in [-0.15, -0.1) is 0 Å². The summed E-state index contributed by atoms with van der Waals surface area (Å²) in [5, 5.41) is 1.25. The molecular weight excluding hydrogens is 637 g/mol. The van der Waals surface area contributed by atoms with Gasteiger partial charge in [0.2, 0.25) is 11.8 Å². The predicted molar refractivity (Wildman–Crippen MR) is 182 cm³/mol. The maximum atomic E-state index is 15.9. The first-order chi connectivity index (χ1) is 22.3. The van der Waals surface area contributed by atoms with Gasteiger partial charge in [0, 0.05) is 10.0 Å². The monoisotopic (exact) mass is 659 g/mol. The minimum absolute atomic E-state index is 0.224. The molecule has 2 amide bonds. The van der Waals surface area contributed by atoms with Crippen LogP contribution in [-0.4, -0.2) is 17.6 Å². The molecule has 4 nitrogen and oxygen atoms in total. The number of carbonyl (C=O) groups excluding carboxylic acids is 3. The first-order valence-corrected chi connectivity index (χ1v) is 16.0. The summed E-state index contributed by atoms with van der Waals surface area (Å²) in [6, 6.07) is 40.3. The zero-order valence-electron chi connectivity index (χ0n) is 24.2. The number of carbonyl (C=O) groups is 3. The van der Waals surface area contributed by atoms with E-state index in [4.69, 9.17) is 34.8 Å². The van der Waals surface area contributed by atoms with Gasteiger partial charge < -0.3 is 0 Å². The van der Waals surface area contributed by atoms with Gasteiger partial charge in [0.15, 0.2) is 5.78 Å². The number of halogens is 3. The Kier molecular flexibility index (Phi) is 6.63. The number of hydrogen-bond acceptors (Lipinski definition) is 3. The molecular formula is C39H24Cl3NO3. The average molecular weight is 661 g/mol. The van der Waals surface area contributed by atoms with Crippen LogP contribution in [0.15, 0.2) is 133 Å². The molecule has 2 fully saturated rings. The maximum absolute atomic E-state index is 15.9. The lowest BCUT2D eigenvalue weighted by Crippen LogP contribution is -2.45. The predicted octanol–water partition coefficient (Wildman–Crippen LogP) is 8.84. The van der Waals surface area contributed by atoms with E-state index in [9.17, 15) is 0 Å². The fourth-order valence-electron chi connectivity index (χ4n) is 8.23. The van der Waals surface area contributed by atoms with Gasteiger partial charge >= 0.3 is 0 Å². The molecule has 0 spiro atoms. The number of fused-ring (bicyclic) bond motifs is 5. The Morgan fingerprint density at radius 1 is 0.478 bits per heavy atom. The minimum atomic E-state index is -1.54. The molecule has 0 aromatic heterocycles. The van der Waals surface area contributed by atoms with Crippen LogP contribution in [0.4, 0.5) is 5.69 Å². The molecule has 1 heterocycles. The van der Waals surface area contributed by atoms with Gasteiger partial charge in [0.05, 0.1) is 33.4 Å². The van der Waals surface area contributed by atoms with Gasteiger partial charge in [-0.3, -0.25) is 14.4 Å². The summed E-state index contributed by atoms with van der Waals surface area (Å²) >= 11 is 19.4. The van der Waals surface area contributed by atoms with Crippen molar-refractivity contribution in [2.45, 2.75) is 10.8 Å². The lowest BCUT2D eigenvalue weighted by molar-refractivity contribution is -0.130. The number of para-hydroxylation sites is 1. The van der Waals surface area contributed by atoms with E-state index in [2.05, 4.69) is 0 Å². The van der Waals surface area contributed by atoms with E-state index in [1.54, 1.807) is 48.5 Å². The second-order valence-corrected chi connectivity index (χ2v) is 13.1. The van der Waals surface area contributed by atoms with Crippen molar-refractivity contribution in [1.82, 2.24) is 0 Å². The van der Waals surface area contributed by atoms with Crippen LogP contribution in [0.25, 0.3) is 11.1 Å². The maximum Gasteiger partial charge on any atom is 0.239 e. The van der Waals surface area contributed by atoms with Crippen molar-refractivity contribution in [3.63, 3.8) is 0 Å². The first-order valence-electron chi connectivity index (χ1n) is 14.9. The molecule has 0 radical (unpaired) electrons. The molecule has 4 atom stereocenters. The first kappa shape index (κ1) is 29.0. The summed E-state index contributed by atoms with van der Waals surface area (Å²) in [5.74, 6) is -3.30. The molecule has 224 valence electrons. The second-order valence-electron chi connectivity index (χ2n) is 11.9. The fourth-order valence-corrected chi connectivity index (χ4v) is 8.70. The molecule has 46 heavy (non-hydrogen) atoms. The van der Waals surface area contributed by atoms with Crippen molar-refractivity contribution in [1.29, 1.82) is 0 Å². The number of benzene rings is 5. The third-order valence-corrected chi connectivity index (χ3v) is 10.6. The van der Waals surface area contributed by atoms with Crippen LogP contribution in [0.5, 0.6) is 0 Å². The number of anilines is 1. The van der Waals surface area contributed by atoms with Crippen LogP contribution in [0.3, 0.4) is 0 Å². The van der Waals surface area contributed by atoms with Crippen LogP contribution >= 0.6 is 34.8 Å². The molecule has 1 saturated heterocycles. The van der Waals surface area contributed by atoms with Crippen LogP contribution < -0.4 is 4.90 Å². The summed E-state index contributed by atoms with van der Waals surface area (Å²) in [6.45, 7) is 0. The number of ketones is 1. The molecule has 7 heteroatoms. The van der Waals surface area contributed by atoms with Crippen molar-refractivity contribution < 1.29 is 14.4 Å². The Hall–Kier alpha value is -4.48. The zero-order chi connectivity index (χ0) is 31.8. The Balaban J connectivity index is 1.57. The quantitative estimate of drug-likeness (QED) is 0.177. The lowest BCUT2D eigenvalue weighted by atomic mass is 9.59. The highest BCUT2D eigenvalue weighted by atomic mass is 35.5. The summed E-state index contributed by atoms with van der Waals surface area (Å²) in [6.07, 6.45) is 0. The highest BCUT2D eigenvalue weighted by Crippen LogP contribution is 2.74. The SMILES string of the molecule is O=C1[C@H]2[C@H](C(=O)N1c1ccccc1Cl)[C@@]1(c3ccc(Cl)cc3)C(=O)[C@@]2(c2ccc(Cl)cc2)C(c2ccccc2)=C1c1ccccc1. The van der Waals surface area contributed by atoms with E-state index in [1.165, 1.54) is 4.90 Å². The summed E-state index contributed by atoms with van der Waals surface area (Å²) < 4.78 is 0. The molecule has 3 aliphatic rings. The number of amides is 2.